The number of anilines is 1. The van der Waals surface area contributed by atoms with Crippen molar-refractivity contribution in [2.24, 2.45) is 5.92 Å². The summed E-state index contributed by atoms with van der Waals surface area (Å²) in [7, 11) is 0. The minimum Gasteiger partial charge on any atom is -0.490 e. The lowest BCUT2D eigenvalue weighted by Gasteiger charge is -2.34. The Morgan fingerprint density at radius 1 is 1.06 bits per heavy atom. The molecule has 178 valence electrons. The SMILES string of the molecule is O=C(NC(Cc1ccc(OC2CC2)cc1)CN1CCC1)C1CCN(c2ccc3ccsc3c2)C1. The number of carbonyl (C=O) groups excluding carboxylic acids is 1. The summed E-state index contributed by atoms with van der Waals surface area (Å²) in [4.78, 5) is 18.1. The molecule has 1 saturated carbocycles. The first-order valence-electron chi connectivity index (χ1n) is 12.7. The van der Waals surface area contributed by atoms with Gasteiger partial charge in [0.2, 0.25) is 5.91 Å². The quantitative estimate of drug-likeness (QED) is 0.487. The van der Waals surface area contributed by atoms with Gasteiger partial charge in [0.05, 0.1) is 12.0 Å². The smallest absolute Gasteiger partial charge is 0.225 e. The summed E-state index contributed by atoms with van der Waals surface area (Å²) in [5.74, 6) is 1.22. The van der Waals surface area contributed by atoms with Gasteiger partial charge in [0.15, 0.2) is 0 Å². The molecule has 6 heteroatoms. The summed E-state index contributed by atoms with van der Waals surface area (Å²) >= 11 is 1.78. The number of amides is 1. The van der Waals surface area contributed by atoms with Crippen molar-refractivity contribution in [3.05, 3.63) is 59.5 Å². The van der Waals surface area contributed by atoms with Crippen LogP contribution in [0.25, 0.3) is 10.1 Å². The van der Waals surface area contributed by atoms with Gasteiger partial charge in [0, 0.05) is 36.1 Å². The lowest BCUT2D eigenvalue weighted by Crippen LogP contribution is -2.50. The predicted molar refractivity (Wildman–Crippen MR) is 139 cm³/mol. The van der Waals surface area contributed by atoms with E-state index in [4.69, 9.17) is 4.74 Å². The van der Waals surface area contributed by atoms with Crippen LogP contribution in [0.15, 0.2) is 53.9 Å². The normalized spacial score (nSPS) is 21.4. The summed E-state index contributed by atoms with van der Waals surface area (Å²) in [6.45, 7) is 4.95. The van der Waals surface area contributed by atoms with Crippen molar-refractivity contribution in [2.75, 3.05) is 37.6 Å². The first-order valence-corrected chi connectivity index (χ1v) is 13.6. The first kappa shape index (κ1) is 21.9. The molecule has 1 N–H and O–H groups in total. The summed E-state index contributed by atoms with van der Waals surface area (Å²) in [5, 5.41) is 6.86. The molecule has 2 aliphatic heterocycles. The van der Waals surface area contributed by atoms with Gasteiger partial charge in [-0.1, -0.05) is 18.2 Å². The lowest BCUT2D eigenvalue weighted by atomic mass is 10.0. The fourth-order valence-electron chi connectivity index (χ4n) is 5.07. The number of rotatable bonds is 9. The molecule has 1 amide bonds. The Bertz CT molecular complexity index is 1140. The fourth-order valence-corrected chi connectivity index (χ4v) is 5.89. The van der Waals surface area contributed by atoms with Gasteiger partial charge in [0.25, 0.3) is 0 Å². The average Bonchev–Trinajstić information content (AvgIpc) is 3.30. The summed E-state index contributed by atoms with van der Waals surface area (Å²) in [6, 6.07) is 17.4. The van der Waals surface area contributed by atoms with E-state index in [0.717, 1.165) is 51.3 Å². The maximum Gasteiger partial charge on any atom is 0.225 e. The second kappa shape index (κ2) is 9.59. The van der Waals surface area contributed by atoms with E-state index in [0.29, 0.717) is 6.10 Å². The van der Waals surface area contributed by atoms with E-state index in [1.807, 2.05) is 0 Å². The van der Waals surface area contributed by atoms with Crippen molar-refractivity contribution >= 4 is 33.0 Å². The number of ether oxygens (including phenoxy) is 1. The molecule has 2 unspecified atom stereocenters. The van der Waals surface area contributed by atoms with Crippen LogP contribution in [0.4, 0.5) is 5.69 Å². The third-order valence-corrected chi connectivity index (χ3v) is 8.25. The highest BCUT2D eigenvalue weighted by Crippen LogP contribution is 2.30. The summed E-state index contributed by atoms with van der Waals surface area (Å²) in [5.41, 5.74) is 2.49. The van der Waals surface area contributed by atoms with Crippen molar-refractivity contribution < 1.29 is 9.53 Å². The highest BCUT2D eigenvalue weighted by atomic mass is 32.1. The number of carbonyl (C=O) groups is 1. The third-order valence-electron chi connectivity index (χ3n) is 7.37. The Morgan fingerprint density at radius 2 is 1.91 bits per heavy atom. The molecule has 2 saturated heterocycles. The van der Waals surface area contributed by atoms with Crippen molar-refractivity contribution in [2.45, 2.75) is 44.2 Å². The molecule has 3 aliphatic rings. The fraction of sp³-hybridized carbons (Fsp3) is 0.464. The Hall–Kier alpha value is -2.57. The largest absolute Gasteiger partial charge is 0.490 e. The van der Waals surface area contributed by atoms with E-state index in [-0.39, 0.29) is 17.9 Å². The number of fused-ring (bicyclic) bond motifs is 1. The van der Waals surface area contributed by atoms with E-state index >= 15 is 0 Å². The van der Waals surface area contributed by atoms with Gasteiger partial charge in [-0.2, -0.15) is 0 Å². The van der Waals surface area contributed by atoms with Crippen LogP contribution in [0.2, 0.25) is 0 Å². The molecule has 1 aromatic heterocycles. The predicted octanol–water partition coefficient (Wildman–Crippen LogP) is 4.70. The average molecular weight is 476 g/mol. The zero-order chi connectivity index (χ0) is 22.9. The van der Waals surface area contributed by atoms with Gasteiger partial charge in [-0.05, 0) is 91.9 Å². The minimum atomic E-state index is 0.0484. The molecule has 5 nitrogen and oxygen atoms in total. The van der Waals surface area contributed by atoms with E-state index in [9.17, 15) is 4.79 Å². The molecule has 2 aromatic carbocycles. The molecule has 0 radical (unpaired) electrons. The van der Waals surface area contributed by atoms with Gasteiger partial charge in [-0.3, -0.25) is 4.79 Å². The Labute approximate surface area is 205 Å². The van der Waals surface area contributed by atoms with Crippen LogP contribution in [-0.2, 0) is 11.2 Å². The number of thiophene rings is 1. The van der Waals surface area contributed by atoms with E-state index in [1.165, 1.54) is 40.6 Å². The zero-order valence-corrected chi connectivity index (χ0v) is 20.4. The Kier molecular flexibility index (Phi) is 6.18. The zero-order valence-electron chi connectivity index (χ0n) is 19.6. The molecule has 34 heavy (non-hydrogen) atoms. The molecule has 3 fully saturated rings. The van der Waals surface area contributed by atoms with Crippen LogP contribution >= 0.6 is 11.3 Å². The molecule has 3 aromatic rings. The van der Waals surface area contributed by atoms with Crippen LogP contribution in [0.3, 0.4) is 0 Å². The maximum absolute atomic E-state index is 13.3. The minimum absolute atomic E-state index is 0.0484. The van der Waals surface area contributed by atoms with Gasteiger partial charge in [0.1, 0.15) is 5.75 Å². The molecule has 2 atom stereocenters. The van der Waals surface area contributed by atoms with Crippen molar-refractivity contribution in [3.8, 4) is 5.75 Å². The molecular formula is C28H33N3O2S. The summed E-state index contributed by atoms with van der Waals surface area (Å²) < 4.78 is 7.21. The number of nitrogens with zero attached hydrogens (tertiary/aromatic N) is 2. The van der Waals surface area contributed by atoms with E-state index in [2.05, 4.69) is 69.0 Å². The van der Waals surface area contributed by atoms with Crippen LogP contribution in [-0.4, -0.2) is 55.7 Å². The number of likely N-dealkylation sites (tertiary alicyclic amines) is 1. The van der Waals surface area contributed by atoms with Gasteiger partial charge < -0.3 is 19.9 Å². The van der Waals surface area contributed by atoms with Crippen LogP contribution in [0, 0.1) is 5.92 Å². The lowest BCUT2D eigenvalue weighted by molar-refractivity contribution is -0.125. The van der Waals surface area contributed by atoms with Crippen LogP contribution in [0.1, 0.15) is 31.2 Å². The standard InChI is InChI=1S/C28H33N3O2S/c32-28(22-10-14-31(18-22)24-5-4-21-11-15-34-27(21)17-24)29-23(19-30-12-1-13-30)16-20-2-6-25(7-3-20)33-26-8-9-26/h2-7,11,15,17,22-23,26H,1,8-10,12-14,16,18-19H2,(H,29,32). The molecule has 0 bridgehead atoms. The first-order chi connectivity index (χ1) is 16.7. The third kappa shape index (κ3) is 5.08. The second-order valence-corrected chi connectivity index (χ2v) is 11.0. The number of benzene rings is 2. The molecular weight excluding hydrogens is 442 g/mol. The van der Waals surface area contributed by atoms with Crippen LogP contribution in [0.5, 0.6) is 5.75 Å². The van der Waals surface area contributed by atoms with Gasteiger partial charge in [-0.15, -0.1) is 11.3 Å². The topological polar surface area (TPSA) is 44.8 Å². The van der Waals surface area contributed by atoms with Crippen molar-refractivity contribution in [1.29, 1.82) is 0 Å². The highest BCUT2D eigenvalue weighted by Gasteiger charge is 2.31. The van der Waals surface area contributed by atoms with Crippen LogP contribution < -0.4 is 15.0 Å². The van der Waals surface area contributed by atoms with Gasteiger partial charge in [-0.25, -0.2) is 0 Å². The molecule has 0 spiro atoms. The number of nitrogens with one attached hydrogen (secondary N) is 1. The van der Waals surface area contributed by atoms with E-state index in [1.54, 1.807) is 11.3 Å². The van der Waals surface area contributed by atoms with Gasteiger partial charge >= 0.3 is 0 Å². The molecule has 6 rings (SSSR count). The van der Waals surface area contributed by atoms with Crippen molar-refractivity contribution in [3.63, 3.8) is 0 Å². The maximum atomic E-state index is 13.3. The second-order valence-electron chi connectivity index (χ2n) is 10.1. The monoisotopic (exact) mass is 475 g/mol. The Morgan fingerprint density at radius 3 is 2.68 bits per heavy atom. The molecule has 3 heterocycles. The van der Waals surface area contributed by atoms with Crippen molar-refractivity contribution in [1.82, 2.24) is 10.2 Å². The summed E-state index contributed by atoms with van der Waals surface area (Å²) in [6.07, 6.45) is 5.80. The molecule has 1 aliphatic carbocycles. The number of hydrogen-bond donors (Lipinski definition) is 1. The highest BCUT2D eigenvalue weighted by molar-refractivity contribution is 7.17. The Balaban J connectivity index is 1.08. The van der Waals surface area contributed by atoms with E-state index < -0.39 is 0 Å². The number of hydrogen-bond acceptors (Lipinski definition) is 5.